The fraction of sp³-hybridized carbons (Fsp3) is 0.267. The number of esters is 2. The third kappa shape index (κ3) is 6.42. The molecule has 0 amide bonds. The Balaban J connectivity index is 3.05. The molecule has 0 unspecified atom stereocenters. The lowest BCUT2D eigenvalue weighted by atomic mass is 10.2. The monoisotopic (exact) mass is 358 g/mol. The van der Waals surface area contributed by atoms with E-state index >= 15 is 0 Å². The first-order valence-corrected chi connectivity index (χ1v) is 6.59. The third-order valence-electron chi connectivity index (χ3n) is 2.64. The lowest BCUT2D eigenvalue weighted by Gasteiger charge is -2.13. The molecule has 1 rings (SSSR count). The first kappa shape index (κ1) is 19.8. The number of carbonyl (C=O) groups is 2. The highest BCUT2D eigenvalue weighted by Gasteiger charge is 2.29. The van der Waals surface area contributed by atoms with Crippen molar-refractivity contribution in [3.63, 3.8) is 0 Å². The highest BCUT2D eigenvalue weighted by Crippen LogP contribution is 2.25. The fourth-order valence-corrected chi connectivity index (χ4v) is 1.57. The van der Waals surface area contributed by atoms with Crippen LogP contribution in [0.1, 0.15) is 5.56 Å². The van der Waals surface area contributed by atoms with Crippen molar-refractivity contribution >= 4 is 17.6 Å². The van der Waals surface area contributed by atoms with Crippen LogP contribution in [0, 0.1) is 11.3 Å². The van der Waals surface area contributed by atoms with Gasteiger partial charge in [0, 0.05) is 5.69 Å². The molecule has 0 heterocycles. The molecule has 0 atom stereocenters. The molecular weight excluding hydrogens is 345 g/mol. The Morgan fingerprint density at radius 1 is 1.28 bits per heavy atom. The van der Waals surface area contributed by atoms with Gasteiger partial charge in [-0.3, -0.25) is 0 Å². The van der Waals surface area contributed by atoms with Gasteiger partial charge in [0.05, 0.1) is 25.9 Å². The Kier molecular flexibility index (Phi) is 6.81. The third-order valence-corrected chi connectivity index (χ3v) is 2.64. The number of methoxy groups -OCH3 is 2. The number of hydrogen-bond acceptors (Lipinski definition) is 7. The number of halogens is 3. The summed E-state index contributed by atoms with van der Waals surface area (Å²) in [5.74, 6) is -2.00. The zero-order valence-corrected chi connectivity index (χ0v) is 13.1. The SMILES string of the molecule is COC(=O)/C=C(/Nc1ccc(OCC(F)(F)F)c(C#N)c1)C(=O)OC. The molecule has 0 bridgehead atoms. The minimum Gasteiger partial charge on any atom is -0.483 e. The number of nitriles is 1. The van der Waals surface area contributed by atoms with Crippen molar-refractivity contribution < 1.29 is 37.0 Å². The Hall–Kier alpha value is -3.22. The summed E-state index contributed by atoms with van der Waals surface area (Å²) in [6.07, 6.45) is -3.73. The van der Waals surface area contributed by atoms with Crippen molar-refractivity contribution in [2.75, 3.05) is 26.1 Å². The van der Waals surface area contributed by atoms with E-state index in [0.717, 1.165) is 32.4 Å². The van der Waals surface area contributed by atoms with Crippen molar-refractivity contribution in [3.05, 3.63) is 35.5 Å². The van der Waals surface area contributed by atoms with Gasteiger partial charge < -0.3 is 19.5 Å². The summed E-state index contributed by atoms with van der Waals surface area (Å²) in [6, 6.07) is 5.22. The van der Waals surface area contributed by atoms with Crippen LogP contribution in [0.15, 0.2) is 30.0 Å². The molecule has 25 heavy (non-hydrogen) atoms. The van der Waals surface area contributed by atoms with Crippen molar-refractivity contribution in [2.24, 2.45) is 0 Å². The summed E-state index contributed by atoms with van der Waals surface area (Å²) in [7, 11) is 2.19. The molecule has 0 saturated heterocycles. The van der Waals surface area contributed by atoms with Gasteiger partial charge in [-0.15, -0.1) is 0 Å². The second-order valence-electron chi connectivity index (χ2n) is 4.42. The summed E-state index contributed by atoms with van der Waals surface area (Å²) >= 11 is 0. The highest BCUT2D eigenvalue weighted by molar-refractivity contribution is 5.98. The second kappa shape index (κ2) is 8.58. The predicted octanol–water partition coefficient (Wildman–Crippen LogP) is 2.14. The van der Waals surface area contributed by atoms with Crippen LogP contribution in [0.3, 0.4) is 0 Å². The van der Waals surface area contributed by atoms with Crippen LogP contribution in [0.5, 0.6) is 5.75 Å². The van der Waals surface area contributed by atoms with E-state index in [2.05, 4.69) is 19.5 Å². The van der Waals surface area contributed by atoms with E-state index in [-0.39, 0.29) is 22.7 Å². The number of hydrogen-bond donors (Lipinski definition) is 1. The van der Waals surface area contributed by atoms with Crippen molar-refractivity contribution in [1.82, 2.24) is 0 Å². The number of alkyl halides is 3. The normalized spacial score (nSPS) is 11.3. The van der Waals surface area contributed by atoms with Crippen LogP contribution in [0.25, 0.3) is 0 Å². The van der Waals surface area contributed by atoms with Crippen molar-refractivity contribution in [3.8, 4) is 11.8 Å². The van der Waals surface area contributed by atoms with Crippen LogP contribution in [0.2, 0.25) is 0 Å². The average molecular weight is 358 g/mol. The van der Waals surface area contributed by atoms with Gasteiger partial charge in [-0.05, 0) is 18.2 Å². The van der Waals surface area contributed by atoms with Gasteiger partial charge in [0.25, 0.3) is 0 Å². The first-order chi connectivity index (χ1) is 11.7. The summed E-state index contributed by atoms with van der Waals surface area (Å²) in [4.78, 5) is 22.9. The molecule has 0 fully saturated rings. The molecule has 1 N–H and O–H groups in total. The van der Waals surface area contributed by atoms with Crippen LogP contribution >= 0.6 is 0 Å². The van der Waals surface area contributed by atoms with Crippen molar-refractivity contribution in [1.29, 1.82) is 5.26 Å². The minimum atomic E-state index is -4.55. The summed E-state index contributed by atoms with van der Waals surface area (Å²) in [6.45, 7) is -1.55. The van der Waals surface area contributed by atoms with Gasteiger partial charge in [-0.1, -0.05) is 0 Å². The van der Waals surface area contributed by atoms with E-state index in [4.69, 9.17) is 5.26 Å². The van der Waals surface area contributed by atoms with Gasteiger partial charge >= 0.3 is 18.1 Å². The lowest BCUT2D eigenvalue weighted by Crippen LogP contribution is -2.19. The molecular formula is C15H13F3N2O5. The van der Waals surface area contributed by atoms with Gasteiger partial charge in [-0.2, -0.15) is 18.4 Å². The number of nitrogens with one attached hydrogen (secondary N) is 1. The van der Waals surface area contributed by atoms with Gasteiger partial charge in [0.15, 0.2) is 6.61 Å². The number of rotatable bonds is 6. The quantitative estimate of drug-likeness (QED) is 0.614. The maximum Gasteiger partial charge on any atom is 0.422 e. The zero-order chi connectivity index (χ0) is 19.0. The first-order valence-electron chi connectivity index (χ1n) is 6.59. The highest BCUT2D eigenvalue weighted by atomic mass is 19.4. The van der Waals surface area contributed by atoms with Crippen LogP contribution in [-0.4, -0.2) is 38.9 Å². The number of benzene rings is 1. The number of carbonyl (C=O) groups excluding carboxylic acids is 2. The molecule has 10 heteroatoms. The van der Waals surface area contributed by atoms with E-state index in [0.29, 0.717) is 0 Å². The van der Waals surface area contributed by atoms with E-state index in [1.54, 1.807) is 6.07 Å². The Morgan fingerprint density at radius 3 is 2.48 bits per heavy atom. The second-order valence-corrected chi connectivity index (χ2v) is 4.42. The van der Waals surface area contributed by atoms with E-state index in [1.165, 1.54) is 6.07 Å². The Morgan fingerprint density at radius 2 is 1.96 bits per heavy atom. The summed E-state index contributed by atoms with van der Waals surface area (Å²) in [5, 5.41) is 11.6. The zero-order valence-electron chi connectivity index (χ0n) is 13.1. The standard InChI is InChI=1S/C15H13F3N2O5/c1-23-13(21)6-11(14(22)24-2)20-10-3-4-12(9(5-10)7-19)25-8-15(16,17)18/h3-6,20H,8H2,1-2H3/b11-6+. The topological polar surface area (TPSA) is 97.6 Å². The summed E-state index contributed by atoms with van der Waals surface area (Å²) < 4.78 is 50.0. The number of anilines is 1. The lowest BCUT2D eigenvalue weighted by molar-refractivity contribution is -0.153. The maximum atomic E-state index is 12.2. The largest absolute Gasteiger partial charge is 0.483 e. The van der Waals surface area contributed by atoms with Crippen LogP contribution in [0.4, 0.5) is 18.9 Å². The van der Waals surface area contributed by atoms with Crippen LogP contribution in [-0.2, 0) is 19.1 Å². The van der Waals surface area contributed by atoms with Crippen LogP contribution < -0.4 is 10.1 Å². The van der Waals surface area contributed by atoms with Gasteiger partial charge in [-0.25, -0.2) is 9.59 Å². The molecule has 0 aliphatic rings. The maximum absolute atomic E-state index is 12.2. The molecule has 134 valence electrons. The molecule has 0 radical (unpaired) electrons. The van der Waals surface area contributed by atoms with Gasteiger partial charge in [0.2, 0.25) is 0 Å². The molecule has 1 aromatic rings. The number of ether oxygens (including phenoxy) is 3. The predicted molar refractivity (Wildman–Crippen MR) is 78.4 cm³/mol. The molecule has 1 aromatic carbocycles. The molecule has 0 aliphatic carbocycles. The Bertz CT molecular complexity index is 723. The van der Waals surface area contributed by atoms with Gasteiger partial charge in [0.1, 0.15) is 17.5 Å². The fourth-order valence-electron chi connectivity index (χ4n) is 1.57. The average Bonchev–Trinajstić information content (AvgIpc) is 2.58. The molecule has 0 saturated carbocycles. The minimum absolute atomic E-state index is 0.150. The van der Waals surface area contributed by atoms with E-state index in [9.17, 15) is 22.8 Å². The Labute approximate surface area is 140 Å². The van der Waals surface area contributed by atoms with Crippen molar-refractivity contribution in [2.45, 2.75) is 6.18 Å². The van der Waals surface area contributed by atoms with E-state index in [1.807, 2.05) is 0 Å². The molecule has 7 nitrogen and oxygen atoms in total. The summed E-state index contributed by atoms with van der Waals surface area (Å²) in [5.41, 5.74) is -0.338. The smallest absolute Gasteiger partial charge is 0.422 e. The molecule has 0 spiro atoms. The number of nitrogens with zero attached hydrogens (tertiary/aromatic N) is 1. The van der Waals surface area contributed by atoms with E-state index < -0.39 is 24.7 Å². The molecule has 0 aliphatic heterocycles. The molecule has 0 aromatic heterocycles.